The van der Waals surface area contributed by atoms with Crippen molar-refractivity contribution < 1.29 is 0 Å². The summed E-state index contributed by atoms with van der Waals surface area (Å²) in [5, 5.41) is 4.57. The summed E-state index contributed by atoms with van der Waals surface area (Å²) in [5.74, 6) is 0.962. The lowest BCUT2D eigenvalue weighted by Crippen LogP contribution is -2.18. The Kier molecular flexibility index (Phi) is 5.43. The molecule has 0 bridgehead atoms. The van der Waals surface area contributed by atoms with Crippen LogP contribution in [-0.4, -0.2) is 11.5 Å². The molecule has 0 saturated carbocycles. The van der Waals surface area contributed by atoms with Crippen LogP contribution in [0, 0.1) is 0 Å². The Balaban J connectivity index is 2.07. The van der Waals surface area contributed by atoms with Crippen LogP contribution in [0.25, 0.3) is 0 Å². The predicted octanol–water partition coefficient (Wildman–Crippen LogP) is 4.04. The number of hydrogen-bond donors (Lipinski definition) is 1. The van der Waals surface area contributed by atoms with Crippen molar-refractivity contribution in [1.29, 1.82) is 0 Å². The summed E-state index contributed by atoms with van der Waals surface area (Å²) in [4.78, 5) is 4.52. The largest absolute Gasteiger partial charge is 0.310 e. The second kappa shape index (κ2) is 7.31. The Hall–Kier alpha value is -1.32. The molecule has 2 aromatic rings. The molecule has 0 fully saturated rings. The fraction of sp³-hybridized carbons (Fsp3) is 0.312. The van der Waals surface area contributed by atoms with E-state index in [1.165, 1.54) is 11.1 Å². The van der Waals surface area contributed by atoms with E-state index in [1.807, 2.05) is 18.3 Å². The maximum Gasteiger partial charge on any atom is 0.101 e. The maximum atomic E-state index is 4.52. The van der Waals surface area contributed by atoms with Crippen LogP contribution in [-0.2, 0) is 5.75 Å². The average molecular weight is 272 g/mol. The molecule has 0 saturated heterocycles. The van der Waals surface area contributed by atoms with Gasteiger partial charge < -0.3 is 5.32 Å². The molecule has 2 nitrogen and oxygen atoms in total. The molecule has 1 aromatic carbocycles. The highest BCUT2D eigenvalue weighted by atomic mass is 32.2. The molecule has 0 amide bonds. The van der Waals surface area contributed by atoms with E-state index in [9.17, 15) is 0 Å². The minimum atomic E-state index is 0.344. The summed E-state index contributed by atoms with van der Waals surface area (Å²) in [6, 6.07) is 15.0. The van der Waals surface area contributed by atoms with Crippen molar-refractivity contribution in [2.24, 2.45) is 0 Å². The Morgan fingerprint density at radius 1 is 1.16 bits per heavy atom. The molecule has 3 heteroatoms. The summed E-state index contributed by atoms with van der Waals surface area (Å²) >= 11 is 1.80. The first-order chi connectivity index (χ1) is 9.31. The molecular weight excluding hydrogens is 252 g/mol. The van der Waals surface area contributed by atoms with Crippen LogP contribution < -0.4 is 5.32 Å². The van der Waals surface area contributed by atoms with Gasteiger partial charge in [-0.3, -0.25) is 0 Å². The van der Waals surface area contributed by atoms with Gasteiger partial charge in [0.25, 0.3) is 0 Å². The number of hydrogen-bond acceptors (Lipinski definition) is 3. The first-order valence-electron chi connectivity index (χ1n) is 6.66. The van der Waals surface area contributed by atoms with E-state index in [0.717, 1.165) is 17.3 Å². The van der Waals surface area contributed by atoms with Crippen molar-refractivity contribution in [3.05, 3.63) is 59.8 Å². The van der Waals surface area contributed by atoms with Crippen LogP contribution in [0.15, 0.2) is 53.7 Å². The van der Waals surface area contributed by atoms with Gasteiger partial charge in [-0.1, -0.05) is 43.3 Å². The molecule has 1 unspecified atom stereocenters. The van der Waals surface area contributed by atoms with Crippen molar-refractivity contribution in [3.8, 4) is 0 Å². The van der Waals surface area contributed by atoms with E-state index in [2.05, 4.69) is 54.5 Å². The highest BCUT2D eigenvalue weighted by Gasteiger charge is 2.10. The number of rotatable bonds is 6. The van der Waals surface area contributed by atoms with Crippen LogP contribution in [0.1, 0.15) is 31.0 Å². The monoisotopic (exact) mass is 272 g/mol. The van der Waals surface area contributed by atoms with Crippen molar-refractivity contribution >= 4 is 11.8 Å². The van der Waals surface area contributed by atoms with Crippen LogP contribution in [0.3, 0.4) is 0 Å². The third-order valence-electron chi connectivity index (χ3n) is 3.00. The number of nitrogens with zero attached hydrogens (tertiary/aromatic N) is 1. The van der Waals surface area contributed by atoms with E-state index in [1.54, 1.807) is 11.8 Å². The van der Waals surface area contributed by atoms with Gasteiger partial charge in [0, 0.05) is 23.6 Å². The quantitative estimate of drug-likeness (QED) is 0.803. The topological polar surface area (TPSA) is 24.9 Å². The highest BCUT2D eigenvalue weighted by Crippen LogP contribution is 2.27. The number of thioether (sulfide) groups is 1. The summed E-state index contributed by atoms with van der Waals surface area (Å²) < 4.78 is 0. The number of aromatic nitrogens is 1. The minimum absolute atomic E-state index is 0.344. The Morgan fingerprint density at radius 2 is 1.95 bits per heavy atom. The molecular formula is C16H20N2S. The van der Waals surface area contributed by atoms with Gasteiger partial charge in [-0.15, -0.1) is 11.8 Å². The summed E-state index contributed by atoms with van der Waals surface area (Å²) in [5.41, 5.74) is 2.62. The number of nitrogens with one attached hydrogen (secondary N) is 1. The van der Waals surface area contributed by atoms with Crippen molar-refractivity contribution in [3.63, 3.8) is 0 Å². The molecule has 0 spiro atoms. The molecule has 0 aliphatic carbocycles. The van der Waals surface area contributed by atoms with Crippen molar-refractivity contribution in [2.45, 2.75) is 30.7 Å². The molecule has 2 rings (SSSR count). The van der Waals surface area contributed by atoms with Crippen LogP contribution in [0.4, 0.5) is 0 Å². The molecule has 100 valence electrons. The molecule has 1 heterocycles. The zero-order valence-electron chi connectivity index (χ0n) is 11.5. The molecule has 0 aliphatic rings. The number of pyridine rings is 1. The normalized spacial score (nSPS) is 12.3. The highest BCUT2D eigenvalue weighted by molar-refractivity contribution is 7.98. The molecule has 1 N–H and O–H groups in total. The SMILES string of the molecule is CCNC(C)c1cccnc1SCc1ccccc1. The van der Waals surface area contributed by atoms with Crippen molar-refractivity contribution in [2.75, 3.05) is 6.54 Å². The Morgan fingerprint density at radius 3 is 2.68 bits per heavy atom. The molecule has 19 heavy (non-hydrogen) atoms. The zero-order valence-corrected chi connectivity index (χ0v) is 12.3. The fourth-order valence-corrected chi connectivity index (χ4v) is 3.04. The van der Waals surface area contributed by atoms with Gasteiger partial charge in [-0.25, -0.2) is 4.98 Å². The zero-order chi connectivity index (χ0) is 13.5. The van der Waals surface area contributed by atoms with Crippen LogP contribution in [0.5, 0.6) is 0 Å². The minimum Gasteiger partial charge on any atom is -0.310 e. The smallest absolute Gasteiger partial charge is 0.101 e. The van der Waals surface area contributed by atoms with E-state index >= 15 is 0 Å². The Bertz CT molecular complexity index is 499. The number of benzene rings is 1. The standard InChI is InChI=1S/C16H20N2S/c1-3-17-13(2)15-10-7-11-18-16(15)19-12-14-8-5-4-6-9-14/h4-11,13,17H,3,12H2,1-2H3. The first kappa shape index (κ1) is 14.1. The second-order valence-corrected chi connectivity index (χ2v) is 5.42. The second-order valence-electron chi connectivity index (χ2n) is 4.45. The van der Waals surface area contributed by atoms with Gasteiger partial charge in [-0.2, -0.15) is 0 Å². The van der Waals surface area contributed by atoms with E-state index in [-0.39, 0.29) is 0 Å². The van der Waals surface area contributed by atoms with Crippen LogP contribution in [0.2, 0.25) is 0 Å². The summed E-state index contributed by atoms with van der Waals surface area (Å²) in [6.45, 7) is 5.29. The van der Waals surface area contributed by atoms with Gasteiger partial charge in [0.1, 0.15) is 5.03 Å². The molecule has 0 aliphatic heterocycles. The van der Waals surface area contributed by atoms with Gasteiger partial charge in [0.2, 0.25) is 0 Å². The van der Waals surface area contributed by atoms with E-state index < -0.39 is 0 Å². The lowest BCUT2D eigenvalue weighted by molar-refractivity contribution is 0.585. The predicted molar refractivity (Wildman–Crippen MR) is 82.3 cm³/mol. The third kappa shape index (κ3) is 4.08. The maximum absolute atomic E-state index is 4.52. The Labute approximate surface area is 119 Å². The van der Waals surface area contributed by atoms with Gasteiger partial charge in [0.15, 0.2) is 0 Å². The molecule has 1 atom stereocenters. The van der Waals surface area contributed by atoms with Gasteiger partial charge in [0.05, 0.1) is 0 Å². The average Bonchev–Trinajstić information content (AvgIpc) is 2.47. The van der Waals surface area contributed by atoms with E-state index in [0.29, 0.717) is 6.04 Å². The van der Waals surface area contributed by atoms with Gasteiger partial charge >= 0.3 is 0 Å². The van der Waals surface area contributed by atoms with E-state index in [4.69, 9.17) is 0 Å². The fourth-order valence-electron chi connectivity index (χ4n) is 2.00. The summed E-state index contributed by atoms with van der Waals surface area (Å²) in [6.07, 6.45) is 1.87. The third-order valence-corrected chi connectivity index (χ3v) is 4.09. The molecule has 0 radical (unpaired) electrons. The van der Waals surface area contributed by atoms with Crippen molar-refractivity contribution in [1.82, 2.24) is 10.3 Å². The summed E-state index contributed by atoms with van der Waals surface area (Å²) in [7, 11) is 0. The molecule has 1 aromatic heterocycles. The van der Waals surface area contributed by atoms with Crippen LogP contribution >= 0.6 is 11.8 Å². The lowest BCUT2D eigenvalue weighted by Gasteiger charge is -2.15. The lowest BCUT2D eigenvalue weighted by atomic mass is 10.1. The first-order valence-corrected chi connectivity index (χ1v) is 7.65. The van der Waals surface area contributed by atoms with Gasteiger partial charge in [-0.05, 0) is 25.1 Å².